The first-order valence-electron chi connectivity index (χ1n) is 6.46. The van der Waals surface area contributed by atoms with E-state index in [-0.39, 0.29) is 17.3 Å². The number of hydrogen-bond acceptors (Lipinski definition) is 5. The molecule has 9 heteroatoms. The van der Waals surface area contributed by atoms with Gasteiger partial charge in [-0.25, -0.2) is 13.4 Å². The highest BCUT2D eigenvalue weighted by Gasteiger charge is 2.39. The summed E-state index contributed by atoms with van der Waals surface area (Å²) in [6.45, 7) is 1.79. The van der Waals surface area contributed by atoms with Crippen LogP contribution < -0.4 is 4.90 Å². The van der Waals surface area contributed by atoms with Gasteiger partial charge in [0.15, 0.2) is 0 Å². The van der Waals surface area contributed by atoms with E-state index in [2.05, 4.69) is 4.98 Å². The van der Waals surface area contributed by atoms with E-state index >= 15 is 0 Å². The lowest BCUT2D eigenvalue weighted by molar-refractivity contribution is -0.137. The molecule has 2 rings (SSSR count). The molecule has 1 atom stereocenters. The van der Waals surface area contributed by atoms with E-state index in [1.807, 2.05) is 0 Å². The molecule has 1 aliphatic heterocycles. The first-order chi connectivity index (χ1) is 10.0. The minimum absolute atomic E-state index is 0.0882. The zero-order chi connectivity index (χ0) is 16.7. The number of hydrogen-bond donors (Lipinski definition) is 0. The highest BCUT2D eigenvalue weighted by molar-refractivity contribution is 7.90. The van der Waals surface area contributed by atoms with Gasteiger partial charge in [-0.1, -0.05) is 0 Å². The molecule has 1 aromatic rings. The lowest BCUT2D eigenvalue weighted by Crippen LogP contribution is -2.52. The highest BCUT2D eigenvalue weighted by atomic mass is 32.2. The van der Waals surface area contributed by atoms with Gasteiger partial charge >= 0.3 is 6.18 Å². The van der Waals surface area contributed by atoms with Crippen molar-refractivity contribution in [3.63, 3.8) is 0 Å². The van der Waals surface area contributed by atoms with Crippen molar-refractivity contribution >= 4 is 15.7 Å². The molecule has 0 aliphatic carbocycles. The first-order valence-corrected chi connectivity index (χ1v) is 8.52. The standard InChI is InChI=1S/C13H14F3N3O2S/c1-8-5-11(13(14,15)16)10(6-17)12(18-8)19-4-3-9(19)7-22(2,20)21/h5,9H,3-4,7H2,1-2H3/t9-/m0/s1. The molecule has 2 heterocycles. The summed E-state index contributed by atoms with van der Waals surface area (Å²) < 4.78 is 61.9. The lowest BCUT2D eigenvalue weighted by atomic mass is 10.0. The maximum absolute atomic E-state index is 13.1. The van der Waals surface area contributed by atoms with Gasteiger partial charge in [0.05, 0.1) is 11.3 Å². The summed E-state index contributed by atoms with van der Waals surface area (Å²) in [5.74, 6) is -0.260. The zero-order valence-electron chi connectivity index (χ0n) is 12.0. The first kappa shape index (κ1) is 16.5. The predicted octanol–water partition coefficient (Wildman–Crippen LogP) is 1.90. The Morgan fingerprint density at radius 1 is 1.50 bits per heavy atom. The van der Waals surface area contributed by atoms with Crippen LogP contribution in [0.5, 0.6) is 0 Å². The van der Waals surface area contributed by atoms with Crippen molar-refractivity contribution in [3.8, 4) is 6.07 Å². The second kappa shape index (κ2) is 5.43. The maximum atomic E-state index is 13.1. The normalized spacial score (nSPS) is 18.7. The second-order valence-corrected chi connectivity index (χ2v) is 7.53. The molecule has 1 saturated heterocycles. The number of nitrogens with zero attached hydrogens (tertiary/aromatic N) is 3. The Morgan fingerprint density at radius 2 is 2.14 bits per heavy atom. The Balaban J connectivity index is 2.48. The van der Waals surface area contributed by atoms with Gasteiger partial charge in [-0.2, -0.15) is 18.4 Å². The van der Waals surface area contributed by atoms with Crippen molar-refractivity contribution in [2.24, 2.45) is 0 Å². The number of halogens is 3. The topological polar surface area (TPSA) is 74.1 Å². The van der Waals surface area contributed by atoms with Crippen molar-refractivity contribution in [3.05, 3.63) is 22.9 Å². The molecular formula is C13H14F3N3O2S. The van der Waals surface area contributed by atoms with Gasteiger partial charge in [-0.15, -0.1) is 0 Å². The van der Waals surface area contributed by atoms with E-state index in [1.165, 1.54) is 11.8 Å². The summed E-state index contributed by atoms with van der Waals surface area (Å²) in [5, 5.41) is 9.11. The van der Waals surface area contributed by atoms with E-state index in [1.54, 1.807) is 6.07 Å². The van der Waals surface area contributed by atoms with Gasteiger partial charge in [0.2, 0.25) is 0 Å². The van der Waals surface area contributed by atoms with E-state index in [9.17, 15) is 21.6 Å². The predicted molar refractivity (Wildman–Crippen MR) is 74.2 cm³/mol. The smallest absolute Gasteiger partial charge is 0.351 e. The highest BCUT2D eigenvalue weighted by Crippen LogP contribution is 2.38. The van der Waals surface area contributed by atoms with Gasteiger partial charge in [-0.3, -0.25) is 0 Å². The monoisotopic (exact) mass is 333 g/mol. The number of aryl methyl sites for hydroxylation is 1. The van der Waals surface area contributed by atoms with Crippen LogP contribution in [-0.4, -0.2) is 38.0 Å². The lowest BCUT2D eigenvalue weighted by Gasteiger charge is -2.42. The third-order valence-corrected chi connectivity index (χ3v) is 4.45. The molecular weight excluding hydrogens is 319 g/mol. The summed E-state index contributed by atoms with van der Waals surface area (Å²) in [5.41, 5.74) is -1.47. The van der Waals surface area contributed by atoms with Crippen LogP contribution in [0.1, 0.15) is 23.2 Å². The fraction of sp³-hybridized carbons (Fsp3) is 0.538. The van der Waals surface area contributed by atoms with Crippen LogP contribution in [0.2, 0.25) is 0 Å². The fourth-order valence-electron chi connectivity index (χ4n) is 2.44. The number of anilines is 1. The number of sulfone groups is 1. The van der Waals surface area contributed by atoms with E-state index < -0.39 is 33.2 Å². The average molecular weight is 333 g/mol. The van der Waals surface area contributed by atoms with Crippen LogP contribution in [0.25, 0.3) is 0 Å². The number of nitriles is 1. The van der Waals surface area contributed by atoms with Gasteiger partial charge < -0.3 is 4.90 Å². The molecule has 0 spiro atoms. The molecule has 1 aromatic heterocycles. The van der Waals surface area contributed by atoms with Crippen molar-refractivity contribution < 1.29 is 21.6 Å². The van der Waals surface area contributed by atoms with Crippen LogP contribution in [0, 0.1) is 18.3 Å². The van der Waals surface area contributed by atoms with E-state index in [0.717, 1.165) is 12.3 Å². The Labute approximate surface area is 126 Å². The average Bonchev–Trinajstić information content (AvgIpc) is 2.32. The van der Waals surface area contributed by atoms with Crippen LogP contribution in [-0.2, 0) is 16.0 Å². The second-order valence-electron chi connectivity index (χ2n) is 5.35. The fourth-order valence-corrected chi connectivity index (χ4v) is 3.49. The molecule has 0 saturated carbocycles. The Kier molecular flexibility index (Phi) is 4.08. The summed E-state index contributed by atoms with van der Waals surface area (Å²) in [7, 11) is -3.27. The minimum Gasteiger partial charge on any atom is -0.351 e. The number of pyridine rings is 1. The molecule has 0 N–H and O–H groups in total. The zero-order valence-corrected chi connectivity index (χ0v) is 12.8. The van der Waals surface area contributed by atoms with Gasteiger partial charge in [-0.05, 0) is 19.4 Å². The number of aromatic nitrogens is 1. The molecule has 0 radical (unpaired) electrons. The molecule has 0 aromatic carbocycles. The number of rotatable bonds is 3. The molecule has 1 fully saturated rings. The Bertz CT molecular complexity index is 738. The van der Waals surface area contributed by atoms with Gasteiger partial charge in [0.25, 0.3) is 0 Å². The largest absolute Gasteiger partial charge is 0.417 e. The van der Waals surface area contributed by atoms with E-state index in [4.69, 9.17) is 5.26 Å². The quantitative estimate of drug-likeness (QED) is 0.845. The summed E-state index contributed by atoms with van der Waals surface area (Å²) in [6.07, 6.45) is -3.06. The summed E-state index contributed by atoms with van der Waals surface area (Å²) >= 11 is 0. The molecule has 5 nitrogen and oxygen atoms in total. The molecule has 120 valence electrons. The number of alkyl halides is 3. The molecule has 1 aliphatic rings. The molecule has 22 heavy (non-hydrogen) atoms. The van der Waals surface area contributed by atoms with E-state index in [0.29, 0.717) is 13.0 Å². The Hall–Kier alpha value is -1.82. The maximum Gasteiger partial charge on any atom is 0.417 e. The van der Waals surface area contributed by atoms with Crippen LogP contribution >= 0.6 is 0 Å². The van der Waals surface area contributed by atoms with Crippen LogP contribution in [0.4, 0.5) is 19.0 Å². The third-order valence-electron chi connectivity index (χ3n) is 3.46. The van der Waals surface area contributed by atoms with Crippen LogP contribution in [0.15, 0.2) is 6.07 Å². The van der Waals surface area contributed by atoms with Crippen molar-refractivity contribution in [1.29, 1.82) is 5.26 Å². The van der Waals surface area contributed by atoms with Crippen molar-refractivity contribution in [2.45, 2.75) is 25.6 Å². The molecule has 0 bridgehead atoms. The van der Waals surface area contributed by atoms with Crippen LogP contribution in [0.3, 0.4) is 0 Å². The van der Waals surface area contributed by atoms with Gasteiger partial charge in [0, 0.05) is 24.5 Å². The van der Waals surface area contributed by atoms with Crippen molar-refractivity contribution in [1.82, 2.24) is 4.98 Å². The Morgan fingerprint density at radius 3 is 2.55 bits per heavy atom. The summed E-state index contributed by atoms with van der Waals surface area (Å²) in [6, 6.07) is 1.94. The SMILES string of the molecule is Cc1cc(C(F)(F)F)c(C#N)c(N2CC[C@H]2CS(C)(=O)=O)n1. The van der Waals surface area contributed by atoms with Gasteiger partial charge in [0.1, 0.15) is 27.3 Å². The molecule has 0 amide bonds. The third kappa shape index (κ3) is 3.32. The minimum atomic E-state index is -4.66. The molecule has 0 unspecified atom stereocenters. The van der Waals surface area contributed by atoms with Crippen molar-refractivity contribution in [2.75, 3.05) is 23.5 Å². The summed E-state index contributed by atoms with van der Waals surface area (Å²) in [4.78, 5) is 5.49.